The van der Waals surface area contributed by atoms with Crippen molar-refractivity contribution in [1.29, 1.82) is 0 Å². The Morgan fingerprint density at radius 2 is 2.11 bits per heavy atom. The Kier molecular flexibility index (Phi) is 4.43. The van der Waals surface area contributed by atoms with E-state index in [9.17, 15) is 4.79 Å². The molecular weight excluding hydrogens is 359 g/mol. The van der Waals surface area contributed by atoms with Gasteiger partial charge in [0.25, 0.3) is 0 Å². The van der Waals surface area contributed by atoms with E-state index in [1.165, 1.54) is 0 Å². The van der Waals surface area contributed by atoms with Crippen molar-refractivity contribution in [2.45, 2.75) is 13.5 Å². The van der Waals surface area contributed by atoms with Gasteiger partial charge in [-0.15, -0.1) is 0 Å². The van der Waals surface area contributed by atoms with Crippen LogP contribution in [0.15, 0.2) is 34.7 Å². The molecule has 0 bridgehead atoms. The monoisotopic (exact) mass is 372 g/mol. The van der Waals surface area contributed by atoms with Crippen LogP contribution in [0, 0.1) is 10.5 Å². The van der Waals surface area contributed by atoms with Gasteiger partial charge in [-0.25, -0.2) is 5.84 Å². The predicted octanol–water partition coefficient (Wildman–Crippen LogP) is 2.38. The molecule has 1 heterocycles. The summed E-state index contributed by atoms with van der Waals surface area (Å²) < 4.78 is 12.1. The Morgan fingerprint density at radius 3 is 2.74 bits per heavy atom. The van der Waals surface area contributed by atoms with Crippen molar-refractivity contribution in [3.8, 4) is 5.75 Å². The highest BCUT2D eigenvalue weighted by molar-refractivity contribution is 14.1. The summed E-state index contributed by atoms with van der Waals surface area (Å²) in [6, 6.07) is 9.43. The van der Waals surface area contributed by atoms with Gasteiger partial charge in [0.05, 0.1) is 0 Å². The molecule has 0 atom stereocenters. The zero-order chi connectivity index (χ0) is 13.8. The van der Waals surface area contributed by atoms with Gasteiger partial charge in [0.2, 0.25) is 0 Å². The molecule has 0 spiro atoms. The number of benzene rings is 1. The maximum atomic E-state index is 11.4. The highest BCUT2D eigenvalue weighted by Gasteiger charge is 2.14. The number of hydrogen-bond acceptors (Lipinski definition) is 4. The number of nitrogen functional groups attached to an aromatic ring is 1. The summed E-state index contributed by atoms with van der Waals surface area (Å²) in [5, 5.41) is 0. The van der Waals surface area contributed by atoms with E-state index in [1.54, 1.807) is 13.0 Å². The number of nitrogens with one attached hydrogen (secondary N) is 1. The lowest BCUT2D eigenvalue weighted by Gasteiger charge is -2.03. The molecule has 2 aromatic rings. The number of nitrogens with two attached hydrogens (primary N) is 1. The summed E-state index contributed by atoms with van der Waals surface area (Å²) in [7, 11) is 0. The molecule has 0 unspecified atom stereocenters. The van der Waals surface area contributed by atoms with Crippen molar-refractivity contribution in [2.24, 2.45) is 5.84 Å². The molecule has 0 fully saturated rings. The van der Waals surface area contributed by atoms with Gasteiger partial charge in [-0.1, -0.05) is 0 Å². The second kappa shape index (κ2) is 6.07. The van der Waals surface area contributed by atoms with Crippen LogP contribution < -0.4 is 16.0 Å². The number of amides is 1. The number of rotatable bonds is 4. The van der Waals surface area contributed by atoms with Crippen molar-refractivity contribution in [3.63, 3.8) is 0 Å². The molecule has 0 saturated carbocycles. The summed E-state index contributed by atoms with van der Waals surface area (Å²) in [5.74, 6) is 6.16. The number of hydrazine groups is 1. The number of ether oxygens (including phenoxy) is 1. The third-order valence-corrected chi connectivity index (χ3v) is 3.22. The molecule has 0 aliphatic carbocycles. The Hall–Kier alpha value is -1.54. The highest BCUT2D eigenvalue weighted by Crippen LogP contribution is 2.18. The van der Waals surface area contributed by atoms with Gasteiger partial charge in [0, 0.05) is 9.13 Å². The molecule has 1 aromatic carbocycles. The lowest BCUT2D eigenvalue weighted by Crippen LogP contribution is -2.30. The van der Waals surface area contributed by atoms with Crippen LogP contribution in [0.25, 0.3) is 0 Å². The molecular formula is C13H13IN2O3. The minimum Gasteiger partial charge on any atom is -0.486 e. The highest BCUT2D eigenvalue weighted by atomic mass is 127. The van der Waals surface area contributed by atoms with Crippen LogP contribution in [0.5, 0.6) is 5.75 Å². The zero-order valence-corrected chi connectivity index (χ0v) is 12.4. The van der Waals surface area contributed by atoms with Gasteiger partial charge in [0.1, 0.15) is 18.1 Å². The number of hydrogen-bond donors (Lipinski definition) is 2. The Bertz CT molecular complexity index is 578. The van der Waals surface area contributed by atoms with Crippen molar-refractivity contribution >= 4 is 28.5 Å². The number of aryl methyl sites for hydroxylation is 1. The second-order valence-corrected chi connectivity index (χ2v) is 5.19. The van der Waals surface area contributed by atoms with Gasteiger partial charge in [-0.05, 0) is 59.8 Å². The number of furan rings is 1. The smallest absolute Gasteiger partial charge is 0.301 e. The van der Waals surface area contributed by atoms with Gasteiger partial charge < -0.3 is 9.15 Å². The molecule has 1 aromatic heterocycles. The fourth-order valence-electron chi connectivity index (χ4n) is 1.60. The minimum absolute atomic E-state index is 0.212. The first-order valence-corrected chi connectivity index (χ1v) is 6.66. The van der Waals surface area contributed by atoms with Crippen LogP contribution in [0.3, 0.4) is 0 Å². The predicted molar refractivity (Wildman–Crippen MR) is 78.6 cm³/mol. The average Bonchev–Trinajstić information content (AvgIpc) is 2.78. The van der Waals surface area contributed by atoms with E-state index in [-0.39, 0.29) is 12.4 Å². The Labute approximate surface area is 124 Å². The van der Waals surface area contributed by atoms with E-state index >= 15 is 0 Å². The van der Waals surface area contributed by atoms with E-state index < -0.39 is 5.91 Å². The van der Waals surface area contributed by atoms with Crippen LogP contribution >= 0.6 is 22.6 Å². The van der Waals surface area contributed by atoms with Gasteiger partial charge >= 0.3 is 5.91 Å². The lowest BCUT2D eigenvalue weighted by atomic mass is 10.2. The molecule has 0 saturated heterocycles. The van der Waals surface area contributed by atoms with Crippen molar-refractivity contribution in [1.82, 2.24) is 5.43 Å². The van der Waals surface area contributed by atoms with Crippen LogP contribution in [0.2, 0.25) is 0 Å². The molecule has 6 heteroatoms. The van der Waals surface area contributed by atoms with Crippen LogP contribution in [-0.2, 0) is 6.61 Å². The van der Waals surface area contributed by atoms with E-state index in [2.05, 4.69) is 22.6 Å². The molecule has 0 aliphatic heterocycles. The maximum Gasteiger partial charge on any atom is 0.301 e. The molecule has 19 heavy (non-hydrogen) atoms. The topological polar surface area (TPSA) is 77.5 Å². The standard InChI is InChI=1S/C13H13IN2O3/c1-8-6-11(19-12(8)13(17)16-15)7-18-10-4-2-9(14)3-5-10/h2-6H,7,15H2,1H3,(H,16,17). The molecule has 1 amide bonds. The minimum atomic E-state index is -0.446. The molecule has 2 rings (SSSR count). The van der Waals surface area contributed by atoms with E-state index in [4.69, 9.17) is 15.0 Å². The summed E-state index contributed by atoms with van der Waals surface area (Å²) in [6.45, 7) is 2.04. The van der Waals surface area contributed by atoms with E-state index in [1.807, 2.05) is 29.7 Å². The van der Waals surface area contributed by atoms with Crippen molar-refractivity contribution < 1.29 is 13.9 Å². The van der Waals surface area contributed by atoms with Crippen LogP contribution in [-0.4, -0.2) is 5.91 Å². The zero-order valence-electron chi connectivity index (χ0n) is 10.3. The van der Waals surface area contributed by atoms with E-state index in [0.717, 1.165) is 14.9 Å². The van der Waals surface area contributed by atoms with Crippen LogP contribution in [0.1, 0.15) is 21.9 Å². The third kappa shape index (κ3) is 3.48. The number of carbonyl (C=O) groups excluding carboxylic acids is 1. The second-order valence-electron chi connectivity index (χ2n) is 3.94. The quantitative estimate of drug-likeness (QED) is 0.374. The molecule has 0 aliphatic rings. The largest absolute Gasteiger partial charge is 0.486 e. The molecule has 0 radical (unpaired) electrons. The van der Waals surface area contributed by atoms with Crippen LogP contribution in [0.4, 0.5) is 0 Å². The fourth-order valence-corrected chi connectivity index (χ4v) is 1.96. The number of halogens is 1. The fraction of sp³-hybridized carbons (Fsp3) is 0.154. The Balaban J connectivity index is 2.04. The molecule has 100 valence electrons. The van der Waals surface area contributed by atoms with Crippen molar-refractivity contribution in [3.05, 3.63) is 51.0 Å². The first-order chi connectivity index (χ1) is 9.10. The van der Waals surface area contributed by atoms with Crippen molar-refractivity contribution in [2.75, 3.05) is 0 Å². The first-order valence-electron chi connectivity index (χ1n) is 5.59. The summed E-state index contributed by atoms with van der Waals surface area (Å²) in [4.78, 5) is 11.4. The first kappa shape index (κ1) is 13.9. The summed E-state index contributed by atoms with van der Waals surface area (Å²) >= 11 is 2.23. The Morgan fingerprint density at radius 1 is 1.42 bits per heavy atom. The van der Waals surface area contributed by atoms with Gasteiger partial charge in [0.15, 0.2) is 5.76 Å². The molecule has 3 N–H and O–H groups in total. The summed E-state index contributed by atoms with van der Waals surface area (Å²) in [6.07, 6.45) is 0. The normalized spacial score (nSPS) is 10.3. The third-order valence-electron chi connectivity index (χ3n) is 2.50. The summed E-state index contributed by atoms with van der Waals surface area (Å²) in [5.41, 5.74) is 2.77. The number of carbonyl (C=O) groups is 1. The SMILES string of the molecule is Cc1cc(COc2ccc(I)cc2)oc1C(=O)NN. The van der Waals surface area contributed by atoms with Gasteiger partial charge in [-0.3, -0.25) is 10.2 Å². The lowest BCUT2D eigenvalue weighted by molar-refractivity contribution is 0.0921. The van der Waals surface area contributed by atoms with Gasteiger partial charge in [-0.2, -0.15) is 0 Å². The maximum absolute atomic E-state index is 11.4. The average molecular weight is 372 g/mol. The molecule has 5 nitrogen and oxygen atoms in total. The van der Waals surface area contributed by atoms with E-state index in [0.29, 0.717) is 5.76 Å².